The quantitative estimate of drug-likeness (QED) is 0.591. The molecule has 0 aliphatic rings. The highest BCUT2D eigenvalue weighted by Gasteiger charge is 2.29. The molecule has 6 heteroatoms. The van der Waals surface area contributed by atoms with Gasteiger partial charge in [0.25, 0.3) is 0 Å². The second kappa shape index (κ2) is 7.68. The molecule has 2 amide bonds. The fraction of sp³-hybridized carbons (Fsp3) is 0.750. The number of carbonyl (C=O) groups excluding carboxylic acids is 2. The number of carboxylic acids is 1. The number of carboxylic acid groups (broad SMARTS) is 1. The summed E-state index contributed by atoms with van der Waals surface area (Å²) in [4.78, 5) is 33.5. The summed E-state index contributed by atoms with van der Waals surface area (Å²) in [5.74, 6) is -1.49. The molecule has 0 aliphatic heterocycles. The van der Waals surface area contributed by atoms with Gasteiger partial charge in [0.15, 0.2) is 0 Å². The molecule has 0 atom stereocenters. The van der Waals surface area contributed by atoms with E-state index in [0.717, 1.165) is 6.42 Å². The van der Waals surface area contributed by atoms with Crippen molar-refractivity contribution in [2.75, 3.05) is 13.1 Å². The normalized spacial score (nSPS) is 10.8. The first-order valence-corrected chi connectivity index (χ1v) is 6.06. The summed E-state index contributed by atoms with van der Waals surface area (Å²) in [6.45, 7) is 5.78. The minimum absolute atomic E-state index is 0.0983. The standard InChI is InChI=1S/C12H22N2O4/c1-4-6-13-9(15)5-7-14-10(16)8-12(2,3)11(17)18/h4-8H2,1-3H3,(H,13,15)(H,14,16)(H,17,18). The van der Waals surface area contributed by atoms with Crippen LogP contribution in [0.4, 0.5) is 0 Å². The van der Waals surface area contributed by atoms with E-state index in [1.54, 1.807) is 0 Å². The highest BCUT2D eigenvalue weighted by Crippen LogP contribution is 2.19. The van der Waals surface area contributed by atoms with Gasteiger partial charge >= 0.3 is 5.97 Å². The summed E-state index contributed by atoms with van der Waals surface area (Å²) in [5.41, 5.74) is -1.09. The minimum atomic E-state index is -1.09. The Labute approximate surface area is 107 Å². The van der Waals surface area contributed by atoms with Crippen LogP contribution in [-0.2, 0) is 14.4 Å². The molecule has 0 spiro atoms. The number of nitrogens with one attached hydrogen (secondary N) is 2. The maximum absolute atomic E-state index is 11.5. The third-order valence-corrected chi connectivity index (χ3v) is 2.43. The van der Waals surface area contributed by atoms with Crippen molar-refractivity contribution >= 4 is 17.8 Å². The number of amides is 2. The lowest BCUT2D eigenvalue weighted by atomic mass is 9.89. The smallest absolute Gasteiger partial charge is 0.309 e. The van der Waals surface area contributed by atoms with Crippen LogP contribution in [0.3, 0.4) is 0 Å². The van der Waals surface area contributed by atoms with Crippen LogP contribution in [0, 0.1) is 5.41 Å². The van der Waals surface area contributed by atoms with E-state index in [1.165, 1.54) is 13.8 Å². The van der Waals surface area contributed by atoms with Crippen molar-refractivity contribution in [3.63, 3.8) is 0 Å². The van der Waals surface area contributed by atoms with Crippen LogP contribution in [0.1, 0.15) is 40.0 Å². The van der Waals surface area contributed by atoms with E-state index in [4.69, 9.17) is 5.11 Å². The van der Waals surface area contributed by atoms with Crippen molar-refractivity contribution < 1.29 is 19.5 Å². The van der Waals surface area contributed by atoms with E-state index < -0.39 is 11.4 Å². The molecule has 0 saturated heterocycles. The van der Waals surface area contributed by atoms with Crippen molar-refractivity contribution in [3.05, 3.63) is 0 Å². The van der Waals surface area contributed by atoms with Crippen LogP contribution in [0.5, 0.6) is 0 Å². The molecule has 0 bridgehead atoms. The summed E-state index contributed by atoms with van der Waals surface area (Å²) in [6, 6.07) is 0. The molecule has 0 fully saturated rings. The molecule has 3 N–H and O–H groups in total. The Hall–Kier alpha value is -1.59. The van der Waals surface area contributed by atoms with Crippen molar-refractivity contribution in [1.29, 1.82) is 0 Å². The summed E-state index contributed by atoms with van der Waals surface area (Å²) in [5, 5.41) is 14.1. The first-order chi connectivity index (χ1) is 8.29. The Bertz CT molecular complexity index is 313. The topological polar surface area (TPSA) is 95.5 Å². The van der Waals surface area contributed by atoms with Crippen LogP contribution in [0.25, 0.3) is 0 Å². The molecule has 0 heterocycles. The van der Waals surface area contributed by atoms with E-state index in [9.17, 15) is 14.4 Å². The SMILES string of the molecule is CCCNC(=O)CCNC(=O)CC(C)(C)C(=O)O. The molecule has 104 valence electrons. The lowest BCUT2D eigenvalue weighted by Crippen LogP contribution is -2.35. The van der Waals surface area contributed by atoms with E-state index in [2.05, 4.69) is 10.6 Å². The van der Waals surface area contributed by atoms with Gasteiger partial charge in [-0.05, 0) is 20.3 Å². The van der Waals surface area contributed by atoms with Crippen LogP contribution >= 0.6 is 0 Å². The molecule has 0 aromatic heterocycles. The predicted molar refractivity (Wildman–Crippen MR) is 67.0 cm³/mol. The van der Waals surface area contributed by atoms with Crippen molar-refractivity contribution in [2.24, 2.45) is 5.41 Å². The second-order valence-electron chi connectivity index (χ2n) is 4.82. The molecule has 0 radical (unpaired) electrons. The fourth-order valence-electron chi connectivity index (χ4n) is 1.21. The number of aliphatic carboxylic acids is 1. The molecular weight excluding hydrogens is 236 g/mol. The highest BCUT2D eigenvalue weighted by molar-refractivity contribution is 5.84. The largest absolute Gasteiger partial charge is 0.481 e. The number of rotatable bonds is 8. The Kier molecular flexibility index (Phi) is 7.00. The van der Waals surface area contributed by atoms with Gasteiger partial charge in [-0.1, -0.05) is 6.92 Å². The third-order valence-electron chi connectivity index (χ3n) is 2.43. The van der Waals surface area contributed by atoms with Gasteiger partial charge in [-0.2, -0.15) is 0 Å². The lowest BCUT2D eigenvalue weighted by Gasteiger charge is -2.18. The lowest BCUT2D eigenvalue weighted by molar-refractivity contribution is -0.149. The highest BCUT2D eigenvalue weighted by atomic mass is 16.4. The molecule has 0 aliphatic carbocycles. The maximum atomic E-state index is 11.5. The molecule has 0 aromatic carbocycles. The molecule has 6 nitrogen and oxygen atoms in total. The molecule has 0 aromatic rings. The van der Waals surface area contributed by atoms with Gasteiger partial charge < -0.3 is 15.7 Å². The predicted octanol–water partition coefficient (Wildman–Crippen LogP) is 0.520. The first-order valence-electron chi connectivity index (χ1n) is 6.06. The summed E-state index contributed by atoms with van der Waals surface area (Å²) in [7, 11) is 0. The number of carbonyl (C=O) groups is 3. The average Bonchev–Trinajstić information content (AvgIpc) is 2.25. The Morgan fingerprint density at radius 3 is 2.11 bits per heavy atom. The van der Waals surface area contributed by atoms with Crippen molar-refractivity contribution in [1.82, 2.24) is 10.6 Å². The zero-order valence-electron chi connectivity index (χ0n) is 11.2. The van der Waals surface area contributed by atoms with Crippen LogP contribution in [0.15, 0.2) is 0 Å². The second-order valence-corrected chi connectivity index (χ2v) is 4.82. The molecule has 18 heavy (non-hydrogen) atoms. The van der Waals surface area contributed by atoms with E-state index >= 15 is 0 Å². The van der Waals surface area contributed by atoms with E-state index in [-0.39, 0.29) is 31.2 Å². The summed E-state index contributed by atoms with van der Waals surface area (Å²) >= 11 is 0. The zero-order chi connectivity index (χ0) is 14.2. The van der Waals surface area contributed by atoms with Gasteiger partial charge in [0.1, 0.15) is 0 Å². The Morgan fingerprint density at radius 2 is 1.61 bits per heavy atom. The van der Waals surface area contributed by atoms with Gasteiger partial charge in [0.2, 0.25) is 11.8 Å². The Balaban J connectivity index is 3.85. The van der Waals surface area contributed by atoms with Crippen molar-refractivity contribution in [3.8, 4) is 0 Å². The van der Waals surface area contributed by atoms with Crippen molar-refractivity contribution in [2.45, 2.75) is 40.0 Å². The number of hydrogen-bond acceptors (Lipinski definition) is 3. The fourth-order valence-corrected chi connectivity index (χ4v) is 1.21. The summed E-state index contributed by atoms with van der Waals surface area (Å²) in [6.07, 6.45) is 0.975. The van der Waals surface area contributed by atoms with Crippen LogP contribution in [-0.4, -0.2) is 36.0 Å². The van der Waals surface area contributed by atoms with Gasteiger partial charge in [-0.3, -0.25) is 14.4 Å². The molecule has 0 unspecified atom stereocenters. The van der Waals surface area contributed by atoms with E-state index in [0.29, 0.717) is 6.54 Å². The van der Waals surface area contributed by atoms with Gasteiger partial charge in [0, 0.05) is 25.9 Å². The van der Waals surface area contributed by atoms with Crippen LogP contribution < -0.4 is 10.6 Å². The van der Waals surface area contributed by atoms with Gasteiger partial charge in [0.05, 0.1) is 5.41 Å². The number of hydrogen-bond donors (Lipinski definition) is 3. The van der Waals surface area contributed by atoms with Gasteiger partial charge in [-0.15, -0.1) is 0 Å². The maximum Gasteiger partial charge on any atom is 0.309 e. The van der Waals surface area contributed by atoms with Gasteiger partial charge in [-0.25, -0.2) is 0 Å². The average molecular weight is 258 g/mol. The minimum Gasteiger partial charge on any atom is -0.481 e. The Morgan fingerprint density at radius 1 is 1.06 bits per heavy atom. The zero-order valence-corrected chi connectivity index (χ0v) is 11.2. The van der Waals surface area contributed by atoms with E-state index in [1.807, 2.05) is 6.92 Å². The molecular formula is C12H22N2O4. The van der Waals surface area contributed by atoms with Crippen LogP contribution in [0.2, 0.25) is 0 Å². The molecule has 0 saturated carbocycles. The monoisotopic (exact) mass is 258 g/mol. The summed E-state index contributed by atoms with van der Waals surface area (Å²) < 4.78 is 0. The third kappa shape index (κ3) is 6.88. The first kappa shape index (κ1) is 16.4. The molecule has 0 rings (SSSR count).